The Bertz CT molecular complexity index is 1350. The molecule has 3 aromatic rings. The van der Waals surface area contributed by atoms with Gasteiger partial charge >= 0.3 is 12.0 Å². The van der Waals surface area contributed by atoms with Gasteiger partial charge in [0.2, 0.25) is 11.7 Å². The molecular weight excluding hydrogens is 557 g/mol. The zero-order valence-corrected chi connectivity index (χ0v) is 22.3. The number of anilines is 2. The second kappa shape index (κ2) is 11.6. The van der Waals surface area contributed by atoms with Crippen molar-refractivity contribution in [3.05, 3.63) is 87.9 Å². The number of carboxylic acids is 1. The molecule has 1 saturated heterocycles. The Kier molecular flexibility index (Phi) is 8.31. The van der Waals surface area contributed by atoms with Gasteiger partial charge in [0.05, 0.1) is 17.7 Å². The molecule has 0 radical (unpaired) electrons. The van der Waals surface area contributed by atoms with Crippen molar-refractivity contribution in [3.63, 3.8) is 0 Å². The first kappa shape index (κ1) is 27.1. The van der Waals surface area contributed by atoms with E-state index in [1.807, 2.05) is 31.2 Å². The van der Waals surface area contributed by atoms with Gasteiger partial charge in [-0.25, -0.2) is 14.0 Å². The Morgan fingerprint density at radius 2 is 1.76 bits per heavy atom. The molecule has 198 valence electrons. The minimum absolute atomic E-state index is 0.0206. The highest BCUT2D eigenvalue weighted by Crippen LogP contribution is 2.33. The number of carboxylic acid groups (broad SMARTS) is 1. The van der Waals surface area contributed by atoms with Crippen LogP contribution in [0.2, 0.25) is 0 Å². The summed E-state index contributed by atoms with van der Waals surface area (Å²) in [5.41, 5.74) is 2.92. The van der Waals surface area contributed by atoms with Crippen molar-refractivity contribution in [2.24, 2.45) is 0 Å². The SMILES string of the molecule is Cc1ccccc1NC(=O)Nc1ccc(CC(=O)N2CCC[C@]2(F)COc2ccc(C(=O)O)cc2)cc1Br. The summed E-state index contributed by atoms with van der Waals surface area (Å²) in [5, 5.41) is 14.6. The van der Waals surface area contributed by atoms with Crippen LogP contribution in [-0.2, 0) is 11.2 Å². The van der Waals surface area contributed by atoms with Crippen molar-refractivity contribution in [2.45, 2.75) is 32.0 Å². The zero-order chi connectivity index (χ0) is 27.3. The zero-order valence-electron chi connectivity index (χ0n) is 20.7. The van der Waals surface area contributed by atoms with Crippen molar-refractivity contribution in [3.8, 4) is 5.75 Å². The highest BCUT2D eigenvalue weighted by molar-refractivity contribution is 9.10. The van der Waals surface area contributed by atoms with Crippen LogP contribution in [0.1, 0.15) is 34.3 Å². The molecule has 4 rings (SSSR count). The van der Waals surface area contributed by atoms with E-state index in [2.05, 4.69) is 26.6 Å². The van der Waals surface area contributed by atoms with Crippen LogP contribution in [0.5, 0.6) is 5.75 Å². The first-order valence-electron chi connectivity index (χ1n) is 12.0. The number of hydrogen-bond donors (Lipinski definition) is 3. The van der Waals surface area contributed by atoms with Gasteiger partial charge in [-0.3, -0.25) is 4.79 Å². The van der Waals surface area contributed by atoms with Crippen LogP contribution in [-0.4, -0.2) is 46.9 Å². The predicted octanol–water partition coefficient (Wildman–Crippen LogP) is 6.01. The second-order valence-electron chi connectivity index (χ2n) is 9.07. The Hall–Kier alpha value is -3.92. The maximum atomic E-state index is 15.7. The fourth-order valence-electron chi connectivity index (χ4n) is 4.26. The fourth-order valence-corrected chi connectivity index (χ4v) is 4.78. The molecule has 1 aliphatic rings. The molecule has 38 heavy (non-hydrogen) atoms. The molecule has 1 fully saturated rings. The molecule has 0 spiro atoms. The van der Waals surface area contributed by atoms with Crippen molar-refractivity contribution in [1.82, 2.24) is 4.90 Å². The highest BCUT2D eigenvalue weighted by atomic mass is 79.9. The van der Waals surface area contributed by atoms with Gasteiger partial charge in [0.1, 0.15) is 12.4 Å². The summed E-state index contributed by atoms with van der Waals surface area (Å²) in [6.07, 6.45) is 0.633. The molecule has 3 aromatic carbocycles. The van der Waals surface area contributed by atoms with Crippen LogP contribution in [0.15, 0.2) is 71.2 Å². The quantitative estimate of drug-likeness (QED) is 0.281. The van der Waals surface area contributed by atoms with Crippen molar-refractivity contribution in [1.29, 1.82) is 0 Å². The average Bonchev–Trinajstić information content (AvgIpc) is 3.28. The number of alkyl halides is 1. The lowest BCUT2D eigenvalue weighted by Gasteiger charge is -2.31. The number of aryl methyl sites for hydroxylation is 1. The number of carbonyl (C=O) groups is 3. The largest absolute Gasteiger partial charge is 0.488 e. The van der Waals surface area contributed by atoms with Gasteiger partial charge in [0.25, 0.3) is 0 Å². The summed E-state index contributed by atoms with van der Waals surface area (Å²) in [5.74, 6) is -3.08. The molecule has 0 aromatic heterocycles. The van der Waals surface area contributed by atoms with Crippen molar-refractivity contribution >= 4 is 45.2 Å². The molecular formula is C28H27BrFN3O5. The fraction of sp³-hybridized carbons (Fsp3) is 0.250. The molecule has 1 aliphatic heterocycles. The van der Waals surface area contributed by atoms with E-state index < -0.39 is 17.8 Å². The van der Waals surface area contributed by atoms with Crippen LogP contribution in [0, 0.1) is 6.92 Å². The summed E-state index contributed by atoms with van der Waals surface area (Å²) in [6.45, 7) is 1.82. The van der Waals surface area contributed by atoms with E-state index >= 15 is 4.39 Å². The van der Waals surface area contributed by atoms with Crippen LogP contribution >= 0.6 is 15.9 Å². The Morgan fingerprint density at radius 1 is 1.05 bits per heavy atom. The van der Waals surface area contributed by atoms with Gasteiger partial charge in [-0.15, -0.1) is 0 Å². The summed E-state index contributed by atoms with van der Waals surface area (Å²) in [7, 11) is 0. The number of halogens is 2. The van der Waals surface area contributed by atoms with E-state index in [4.69, 9.17) is 9.84 Å². The van der Waals surface area contributed by atoms with Crippen LogP contribution in [0.25, 0.3) is 0 Å². The van der Waals surface area contributed by atoms with Gasteiger partial charge < -0.3 is 25.4 Å². The molecule has 1 atom stereocenters. The Morgan fingerprint density at radius 3 is 2.45 bits per heavy atom. The first-order chi connectivity index (χ1) is 18.1. The van der Waals surface area contributed by atoms with Gasteiger partial charge in [-0.2, -0.15) is 0 Å². The average molecular weight is 584 g/mol. The number of carbonyl (C=O) groups excluding carboxylic acids is 2. The number of rotatable bonds is 8. The third-order valence-electron chi connectivity index (χ3n) is 6.32. The molecule has 3 N–H and O–H groups in total. The van der Waals surface area contributed by atoms with Crippen LogP contribution < -0.4 is 15.4 Å². The number of ether oxygens (including phenoxy) is 1. The topological polar surface area (TPSA) is 108 Å². The summed E-state index contributed by atoms with van der Waals surface area (Å²) < 4.78 is 21.9. The Balaban J connectivity index is 1.35. The summed E-state index contributed by atoms with van der Waals surface area (Å²) >= 11 is 3.44. The lowest BCUT2D eigenvalue weighted by molar-refractivity contribution is -0.144. The van der Waals surface area contributed by atoms with E-state index in [-0.39, 0.29) is 37.5 Å². The number of aromatic carboxylic acids is 1. The number of benzene rings is 3. The summed E-state index contributed by atoms with van der Waals surface area (Å²) in [6, 6.07) is 17.8. The van der Waals surface area contributed by atoms with E-state index in [0.717, 1.165) is 5.56 Å². The van der Waals surface area contributed by atoms with Crippen LogP contribution in [0.4, 0.5) is 20.6 Å². The van der Waals surface area contributed by atoms with Gasteiger partial charge in [-0.1, -0.05) is 24.3 Å². The third kappa shape index (κ3) is 6.49. The first-order valence-corrected chi connectivity index (χ1v) is 12.8. The van der Waals surface area contributed by atoms with Gasteiger partial charge in [0.15, 0.2) is 0 Å². The maximum Gasteiger partial charge on any atom is 0.335 e. The predicted molar refractivity (Wildman–Crippen MR) is 145 cm³/mol. The number of hydrogen-bond acceptors (Lipinski definition) is 4. The second-order valence-corrected chi connectivity index (χ2v) is 9.92. The normalized spacial score (nSPS) is 16.7. The number of para-hydroxylation sites is 1. The van der Waals surface area contributed by atoms with Crippen molar-refractivity contribution < 1.29 is 28.6 Å². The maximum absolute atomic E-state index is 15.7. The van der Waals surface area contributed by atoms with Crippen molar-refractivity contribution in [2.75, 3.05) is 23.8 Å². The lowest BCUT2D eigenvalue weighted by atomic mass is 10.1. The number of nitrogens with zero attached hydrogens (tertiary/aromatic N) is 1. The highest BCUT2D eigenvalue weighted by Gasteiger charge is 2.44. The van der Waals surface area contributed by atoms with E-state index in [1.165, 1.54) is 29.2 Å². The number of nitrogens with one attached hydrogen (secondary N) is 2. The molecule has 10 heteroatoms. The molecule has 0 aliphatic carbocycles. The lowest BCUT2D eigenvalue weighted by Crippen LogP contribution is -2.48. The standard InChI is InChI=1S/C28H27BrFN3O5/c1-18-5-2-3-6-23(18)31-27(37)32-24-12-7-19(15-22(24)29)16-25(34)33-14-4-13-28(33,30)17-38-21-10-8-20(9-11-21)26(35)36/h2-3,5-12,15H,4,13-14,16-17H2,1H3,(H,35,36)(H2,31,32,37)/t28-/m1/s1. The number of amides is 3. The molecule has 0 bridgehead atoms. The van der Waals surface area contributed by atoms with E-state index in [1.54, 1.807) is 18.2 Å². The monoisotopic (exact) mass is 583 g/mol. The van der Waals surface area contributed by atoms with E-state index in [9.17, 15) is 14.4 Å². The van der Waals surface area contributed by atoms with Gasteiger partial charge in [0, 0.05) is 23.1 Å². The third-order valence-corrected chi connectivity index (χ3v) is 6.97. The molecule has 1 heterocycles. The van der Waals surface area contributed by atoms with Crippen LogP contribution in [0.3, 0.4) is 0 Å². The summed E-state index contributed by atoms with van der Waals surface area (Å²) in [4.78, 5) is 37.7. The smallest absolute Gasteiger partial charge is 0.335 e. The number of urea groups is 1. The molecule has 8 nitrogen and oxygen atoms in total. The molecule has 0 saturated carbocycles. The minimum Gasteiger partial charge on any atom is -0.488 e. The van der Waals surface area contributed by atoms with Gasteiger partial charge in [-0.05, 0) is 82.9 Å². The Labute approximate surface area is 227 Å². The number of likely N-dealkylation sites (tertiary alicyclic amines) is 1. The minimum atomic E-state index is -1.96. The molecule has 0 unspecified atom stereocenters. The molecule has 3 amide bonds. The van der Waals surface area contributed by atoms with E-state index in [0.29, 0.717) is 33.6 Å².